The molecule has 1 rings (SSSR count). The second kappa shape index (κ2) is 8.23. The van der Waals surface area contributed by atoms with Gasteiger partial charge >= 0.3 is 0 Å². The molecular formula is C13H24BrN3S. The Kier molecular flexibility index (Phi) is 7.34. The van der Waals surface area contributed by atoms with Gasteiger partial charge in [0.25, 0.3) is 0 Å². The Balaban J connectivity index is 2.64. The van der Waals surface area contributed by atoms with E-state index in [9.17, 15) is 0 Å². The molecule has 0 aliphatic heterocycles. The van der Waals surface area contributed by atoms with E-state index in [1.165, 1.54) is 23.6 Å². The molecule has 0 aliphatic rings. The van der Waals surface area contributed by atoms with E-state index in [0.717, 1.165) is 23.1 Å². The van der Waals surface area contributed by atoms with Crippen molar-refractivity contribution in [3.8, 4) is 0 Å². The summed E-state index contributed by atoms with van der Waals surface area (Å²) in [6.45, 7) is 7.46. The van der Waals surface area contributed by atoms with Gasteiger partial charge < -0.3 is 5.32 Å². The number of likely N-dealkylation sites (N-methyl/N-ethyl adjacent to an activating group) is 1. The summed E-state index contributed by atoms with van der Waals surface area (Å²) in [5, 5.41) is 8.03. The second-order valence-corrected chi connectivity index (χ2v) is 6.45. The summed E-state index contributed by atoms with van der Waals surface area (Å²) in [6.07, 6.45) is 2.28. The number of nitrogens with one attached hydrogen (secondary N) is 1. The molecule has 0 amide bonds. The topological polar surface area (TPSA) is 29.9 Å². The first-order chi connectivity index (χ1) is 8.60. The lowest BCUT2D eigenvalue weighted by Crippen LogP contribution is -2.34. The molecule has 3 nitrogen and oxygen atoms in total. The molecule has 5 heteroatoms. The average Bonchev–Trinajstić information content (AvgIpc) is 2.56. The zero-order valence-corrected chi connectivity index (χ0v) is 14.2. The maximum atomic E-state index is 4.46. The van der Waals surface area contributed by atoms with Crippen molar-refractivity contribution in [3.63, 3.8) is 0 Å². The number of aryl methyl sites for hydroxylation is 2. The molecule has 0 aromatic carbocycles. The van der Waals surface area contributed by atoms with Crippen LogP contribution in [0.5, 0.6) is 0 Å². The minimum absolute atomic E-state index is 0.526. The molecule has 1 N–H and O–H groups in total. The molecule has 0 spiro atoms. The van der Waals surface area contributed by atoms with E-state index in [1.807, 2.05) is 30.4 Å². The summed E-state index contributed by atoms with van der Waals surface area (Å²) in [7, 11) is 2.02. The van der Waals surface area contributed by atoms with Crippen LogP contribution in [-0.2, 0) is 13.5 Å². The molecule has 1 heterocycles. The average molecular weight is 334 g/mol. The van der Waals surface area contributed by atoms with Crippen LogP contribution >= 0.6 is 27.7 Å². The van der Waals surface area contributed by atoms with Crippen molar-refractivity contribution in [2.45, 2.75) is 39.7 Å². The molecule has 0 aliphatic carbocycles. The van der Waals surface area contributed by atoms with Gasteiger partial charge in [-0.25, -0.2) is 0 Å². The van der Waals surface area contributed by atoms with Gasteiger partial charge in [-0.2, -0.15) is 16.9 Å². The monoisotopic (exact) mass is 333 g/mol. The van der Waals surface area contributed by atoms with E-state index in [0.29, 0.717) is 6.04 Å². The molecule has 1 atom stereocenters. The number of aromatic nitrogens is 2. The molecule has 0 radical (unpaired) electrons. The molecule has 1 aromatic heterocycles. The van der Waals surface area contributed by atoms with Crippen LogP contribution < -0.4 is 5.32 Å². The van der Waals surface area contributed by atoms with Gasteiger partial charge in [-0.3, -0.25) is 4.68 Å². The Bertz CT molecular complexity index is 365. The summed E-state index contributed by atoms with van der Waals surface area (Å²) < 4.78 is 3.15. The SMILES string of the molecule is CCCSCC(Cc1c(Br)c(C)nn1C)NCC. The minimum atomic E-state index is 0.526. The first-order valence-electron chi connectivity index (χ1n) is 6.59. The summed E-state index contributed by atoms with van der Waals surface area (Å²) >= 11 is 5.68. The van der Waals surface area contributed by atoms with Crippen molar-refractivity contribution in [2.75, 3.05) is 18.1 Å². The number of hydrogen-bond acceptors (Lipinski definition) is 3. The molecule has 0 saturated carbocycles. The summed E-state index contributed by atoms with van der Waals surface area (Å²) in [5.41, 5.74) is 2.36. The maximum Gasteiger partial charge on any atom is 0.0738 e. The van der Waals surface area contributed by atoms with Crippen molar-refractivity contribution >= 4 is 27.7 Å². The lowest BCUT2D eigenvalue weighted by molar-refractivity contribution is 0.548. The summed E-state index contributed by atoms with van der Waals surface area (Å²) in [6, 6.07) is 0.526. The van der Waals surface area contributed by atoms with Gasteiger partial charge in [0, 0.05) is 25.3 Å². The molecular weight excluding hydrogens is 310 g/mol. The van der Waals surface area contributed by atoms with Crippen molar-refractivity contribution < 1.29 is 0 Å². The largest absolute Gasteiger partial charge is 0.313 e. The predicted octanol–water partition coefficient (Wildman–Crippen LogP) is 3.15. The molecule has 1 aromatic rings. The Morgan fingerprint density at radius 2 is 2.17 bits per heavy atom. The first kappa shape index (κ1) is 16.1. The number of halogens is 1. The molecule has 1 unspecified atom stereocenters. The van der Waals surface area contributed by atoms with Gasteiger partial charge in [-0.15, -0.1) is 0 Å². The lowest BCUT2D eigenvalue weighted by atomic mass is 10.1. The van der Waals surface area contributed by atoms with E-state index >= 15 is 0 Å². The number of hydrogen-bond donors (Lipinski definition) is 1. The van der Waals surface area contributed by atoms with Crippen molar-refractivity contribution in [2.24, 2.45) is 7.05 Å². The van der Waals surface area contributed by atoms with E-state index in [1.54, 1.807) is 0 Å². The maximum absolute atomic E-state index is 4.46. The lowest BCUT2D eigenvalue weighted by Gasteiger charge is -2.17. The highest BCUT2D eigenvalue weighted by atomic mass is 79.9. The molecule has 0 saturated heterocycles. The van der Waals surface area contributed by atoms with Crippen LogP contribution in [-0.4, -0.2) is 33.9 Å². The quantitative estimate of drug-likeness (QED) is 0.741. The second-order valence-electron chi connectivity index (χ2n) is 4.50. The van der Waals surface area contributed by atoms with E-state index < -0.39 is 0 Å². The van der Waals surface area contributed by atoms with Crippen LogP contribution in [0.4, 0.5) is 0 Å². The number of nitrogens with zero attached hydrogens (tertiary/aromatic N) is 2. The Morgan fingerprint density at radius 1 is 1.44 bits per heavy atom. The zero-order chi connectivity index (χ0) is 13.5. The third kappa shape index (κ3) is 4.59. The third-order valence-corrected chi connectivity index (χ3v) is 5.23. The van der Waals surface area contributed by atoms with Gasteiger partial charge in [-0.1, -0.05) is 13.8 Å². The third-order valence-electron chi connectivity index (χ3n) is 2.86. The van der Waals surface area contributed by atoms with Crippen LogP contribution in [0.15, 0.2) is 4.47 Å². The molecule has 0 bridgehead atoms. The van der Waals surface area contributed by atoms with Gasteiger partial charge in [-0.05, 0) is 41.6 Å². The Hall–Kier alpha value is -0.0000000000000000763. The van der Waals surface area contributed by atoms with E-state index in [4.69, 9.17) is 0 Å². The zero-order valence-electron chi connectivity index (χ0n) is 11.8. The standard InChI is InChI=1S/C13H24BrN3S/c1-5-7-18-9-11(15-6-2)8-12-13(14)10(3)16-17(12)4/h11,15H,5-9H2,1-4H3. The van der Waals surface area contributed by atoms with E-state index in [-0.39, 0.29) is 0 Å². The minimum Gasteiger partial charge on any atom is -0.313 e. The summed E-state index contributed by atoms with van der Waals surface area (Å²) in [5.74, 6) is 2.41. The van der Waals surface area contributed by atoms with Crippen LogP contribution in [0.3, 0.4) is 0 Å². The van der Waals surface area contributed by atoms with Crippen LogP contribution in [0.25, 0.3) is 0 Å². The van der Waals surface area contributed by atoms with Gasteiger partial charge in [0.1, 0.15) is 0 Å². The number of rotatable bonds is 8. The van der Waals surface area contributed by atoms with Crippen molar-refractivity contribution in [1.82, 2.24) is 15.1 Å². The fraction of sp³-hybridized carbons (Fsp3) is 0.769. The fourth-order valence-electron chi connectivity index (χ4n) is 1.98. The normalized spacial score (nSPS) is 12.9. The molecule has 18 heavy (non-hydrogen) atoms. The highest BCUT2D eigenvalue weighted by Gasteiger charge is 2.16. The molecule has 0 fully saturated rings. The Morgan fingerprint density at radius 3 is 2.67 bits per heavy atom. The molecule has 104 valence electrons. The first-order valence-corrected chi connectivity index (χ1v) is 8.53. The van der Waals surface area contributed by atoms with Gasteiger partial charge in [0.05, 0.1) is 15.9 Å². The van der Waals surface area contributed by atoms with E-state index in [2.05, 4.69) is 40.2 Å². The summed E-state index contributed by atoms with van der Waals surface area (Å²) in [4.78, 5) is 0. The van der Waals surface area contributed by atoms with Crippen molar-refractivity contribution in [3.05, 3.63) is 15.9 Å². The highest BCUT2D eigenvalue weighted by Crippen LogP contribution is 2.22. The number of thioether (sulfide) groups is 1. The van der Waals surface area contributed by atoms with Gasteiger partial charge in [0.2, 0.25) is 0 Å². The van der Waals surface area contributed by atoms with Crippen LogP contribution in [0, 0.1) is 6.92 Å². The van der Waals surface area contributed by atoms with Gasteiger partial charge in [0.15, 0.2) is 0 Å². The predicted molar refractivity (Wildman–Crippen MR) is 84.4 cm³/mol. The smallest absolute Gasteiger partial charge is 0.0738 e. The highest BCUT2D eigenvalue weighted by molar-refractivity contribution is 9.10. The fourth-order valence-corrected chi connectivity index (χ4v) is 3.46. The Labute approximate surface area is 123 Å². The van der Waals surface area contributed by atoms with Crippen molar-refractivity contribution in [1.29, 1.82) is 0 Å². The van der Waals surface area contributed by atoms with Crippen LogP contribution in [0.2, 0.25) is 0 Å². The van der Waals surface area contributed by atoms with Crippen LogP contribution in [0.1, 0.15) is 31.7 Å².